The first kappa shape index (κ1) is 16.5. The van der Waals surface area contributed by atoms with E-state index in [9.17, 15) is 4.39 Å². The lowest BCUT2D eigenvalue weighted by Gasteiger charge is -2.14. The summed E-state index contributed by atoms with van der Waals surface area (Å²) in [4.78, 5) is 8.81. The van der Waals surface area contributed by atoms with E-state index in [0.29, 0.717) is 11.6 Å². The Bertz CT molecular complexity index is 1080. The van der Waals surface area contributed by atoms with E-state index >= 15 is 0 Å². The second-order valence-corrected chi connectivity index (χ2v) is 6.84. The minimum Gasteiger partial charge on any atom is -0.328 e. The monoisotopic (exact) mass is 345 g/mol. The summed E-state index contributed by atoms with van der Waals surface area (Å²) in [5.74, 6) is -0.201. The fourth-order valence-electron chi connectivity index (χ4n) is 3.25. The van der Waals surface area contributed by atoms with Gasteiger partial charge in [0, 0.05) is 24.0 Å². The molecule has 26 heavy (non-hydrogen) atoms. The molecule has 4 aromatic rings. The average molecular weight is 345 g/mol. The van der Waals surface area contributed by atoms with Crippen LogP contribution < -0.4 is 0 Å². The van der Waals surface area contributed by atoms with Crippen LogP contribution in [0.25, 0.3) is 33.3 Å². The lowest BCUT2D eigenvalue weighted by Crippen LogP contribution is -1.98. The molecule has 0 aliphatic heterocycles. The SMILES string of the molecule is Cc1ccc(-c2cc3ncn(C(C)C)c3cc2-c2cccnc2)cc1F. The van der Waals surface area contributed by atoms with Crippen molar-refractivity contribution >= 4 is 11.0 Å². The minimum absolute atomic E-state index is 0.201. The van der Waals surface area contributed by atoms with Crippen LogP contribution in [-0.4, -0.2) is 14.5 Å². The topological polar surface area (TPSA) is 30.7 Å². The minimum atomic E-state index is -0.201. The molecule has 130 valence electrons. The predicted molar refractivity (Wildman–Crippen MR) is 103 cm³/mol. The molecule has 2 aromatic carbocycles. The lowest BCUT2D eigenvalue weighted by molar-refractivity contribution is 0.617. The summed E-state index contributed by atoms with van der Waals surface area (Å²) in [6.45, 7) is 6.04. The van der Waals surface area contributed by atoms with Crippen LogP contribution >= 0.6 is 0 Å². The van der Waals surface area contributed by atoms with Gasteiger partial charge in [-0.3, -0.25) is 4.98 Å². The van der Waals surface area contributed by atoms with Crippen LogP contribution in [0.3, 0.4) is 0 Å². The van der Waals surface area contributed by atoms with Gasteiger partial charge in [-0.05, 0) is 67.3 Å². The van der Waals surface area contributed by atoms with E-state index < -0.39 is 0 Å². The van der Waals surface area contributed by atoms with Crippen molar-refractivity contribution in [2.75, 3.05) is 0 Å². The van der Waals surface area contributed by atoms with Crippen molar-refractivity contribution in [2.24, 2.45) is 0 Å². The Balaban J connectivity index is 2.02. The summed E-state index contributed by atoms with van der Waals surface area (Å²) in [7, 11) is 0. The number of halogens is 1. The third-order valence-electron chi connectivity index (χ3n) is 4.73. The second kappa shape index (κ2) is 6.37. The Labute approximate surface area is 152 Å². The smallest absolute Gasteiger partial charge is 0.126 e. The number of benzene rings is 2. The number of hydrogen-bond donors (Lipinski definition) is 0. The van der Waals surface area contributed by atoms with E-state index in [-0.39, 0.29) is 5.82 Å². The number of nitrogens with zero attached hydrogens (tertiary/aromatic N) is 3. The van der Waals surface area contributed by atoms with Gasteiger partial charge in [-0.1, -0.05) is 18.2 Å². The zero-order chi connectivity index (χ0) is 18.3. The zero-order valence-corrected chi connectivity index (χ0v) is 15.1. The van der Waals surface area contributed by atoms with Crippen LogP contribution in [0.4, 0.5) is 4.39 Å². The molecule has 0 aliphatic rings. The maximum Gasteiger partial charge on any atom is 0.126 e. The highest BCUT2D eigenvalue weighted by atomic mass is 19.1. The van der Waals surface area contributed by atoms with Crippen molar-refractivity contribution in [1.29, 1.82) is 0 Å². The first-order valence-electron chi connectivity index (χ1n) is 8.72. The van der Waals surface area contributed by atoms with Gasteiger partial charge in [0.2, 0.25) is 0 Å². The maximum absolute atomic E-state index is 14.2. The molecule has 0 aliphatic carbocycles. The molecule has 3 nitrogen and oxygen atoms in total. The molecular formula is C22H20FN3. The molecule has 0 bridgehead atoms. The standard InChI is InChI=1S/C22H20FN3/c1-14(2)26-13-25-21-10-18(16-7-6-15(3)20(23)9-16)19(11-22(21)26)17-5-4-8-24-12-17/h4-14H,1-3H3. The normalized spacial score (nSPS) is 11.4. The number of aromatic nitrogens is 3. The quantitative estimate of drug-likeness (QED) is 0.470. The van der Waals surface area contributed by atoms with Crippen molar-refractivity contribution in [3.05, 3.63) is 72.6 Å². The molecule has 4 heteroatoms. The summed E-state index contributed by atoms with van der Waals surface area (Å²) < 4.78 is 16.3. The van der Waals surface area contributed by atoms with Gasteiger partial charge in [-0.15, -0.1) is 0 Å². The fraction of sp³-hybridized carbons (Fsp3) is 0.182. The van der Waals surface area contributed by atoms with Gasteiger partial charge in [0.05, 0.1) is 17.4 Å². The van der Waals surface area contributed by atoms with Crippen molar-refractivity contribution in [2.45, 2.75) is 26.8 Å². The van der Waals surface area contributed by atoms with Crippen LogP contribution in [0.15, 0.2) is 61.2 Å². The average Bonchev–Trinajstić information content (AvgIpc) is 3.07. The summed E-state index contributed by atoms with van der Waals surface area (Å²) in [6.07, 6.45) is 5.46. The van der Waals surface area contributed by atoms with Gasteiger partial charge in [0.15, 0.2) is 0 Å². The lowest BCUT2D eigenvalue weighted by atomic mass is 9.94. The Morgan fingerprint density at radius 3 is 2.50 bits per heavy atom. The molecule has 0 atom stereocenters. The first-order chi connectivity index (χ1) is 12.5. The Kier molecular flexibility index (Phi) is 4.03. The van der Waals surface area contributed by atoms with E-state index in [1.807, 2.05) is 42.9 Å². The molecule has 0 N–H and O–H groups in total. The van der Waals surface area contributed by atoms with E-state index in [0.717, 1.165) is 33.3 Å². The van der Waals surface area contributed by atoms with E-state index in [1.54, 1.807) is 19.2 Å². The number of aryl methyl sites for hydroxylation is 1. The van der Waals surface area contributed by atoms with Gasteiger partial charge in [-0.2, -0.15) is 0 Å². The van der Waals surface area contributed by atoms with Gasteiger partial charge >= 0.3 is 0 Å². The summed E-state index contributed by atoms with van der Waals surface area (Å²) in [5, 5.41) is 0. The Hall–Kier alpha value is -3.01. The predicted octanol–water partition coefficient (Wildman–Crippen LogP) is 5.79. The molecule has 2 aromatic heterocycles. The van der Waals surface area contributed by atoms with Gasteiger partial charge < -0.3 is 4.57 Å². The van der Waals surface area contributed by atoms with Gasteiger partial charge in [-0.25, -0.2) is 9.37 Å². The molecule has 0 fully saturated rings. The first-order valence-corrected chi connectivity index (χ1v) is 8.72. The van der Waals surface area contributed by atoms with Crippen molar-refractivity contribution < 1.29 is 4.39 Å². The van der Waals surface area contributed by atoms with Gasteiger partial charge in [0.25, 0.3) is 0 Å². The summed E-state index contributed by atoms with van der Waals surface area (Å²) in [5.41, 5.74) is 6.43. The molecule has 0 spiro atoms. The summed E-state index contributed by atoms with van der Waals surface area (Å²) in [6, 6.07) is 13.8. The molecule has 0 radical (unpaired) electrons. The highest BCUT2D eigenvalue weighted by molar-refractivity contribution is 5.93. The molecular weight excluding hydrogens is 325 g/mol. The van der Waals surface area contributed by atoms with Crippen LogP contribution in [0, 0.1) is 12.7 Å². The fourth-order valence-corrected chi connectivity index (χ4v) is 3.25. The highest BCUT2D eigenvalue weighted by Crippen LogP contribution is 2.36. The third kappa shape index (κ3) is 2.77. The summed E-state index contributed by atoms with van der Waals surface area (Å²) >= 11 is 0. The van der Waals surface area contributed by atoms with Crippen LogP contribution in [0.5, 0.6) is 0 Å². The number of hydrogen-bond acceptors (Lipinski definition) is 2. The van der Waals surface area contributed by atoms with Crippen molar-refractivity contribution in [1.82, 2.24) is 14.5 Å². The van der Waals surface area contributed by atoms with Crippen LogP contribution in [0.2, 0.25) is 0 Å². The number of imidazole rings is 1. The third-order valence-corrected chi connectivity index (χ3v) is 4.73. The van der Waals surface area contributed by atoms with Crippen LogP contribution in [0.1, 0.15) is 25.5 Å². The number of rotatable bonds is 3. The van der Waals surface area contributed by atoms with Gasteiger partial charge in [0.1, 0.15) is 5.82 Å². The molecule has 4 rings (SSSR count). The van der Waals surface area contributed by atoms with Crippen molar-refractivity contribution in [3.63, 3.8) is 0 Å². The number of fused-ring (bicyclic) bond motifs is 1. The molecule has 0 saturated carbocycles. The largest absolute Gasteiger partial charge is 0.328 e. The molecule has 2 heterocycles. The van der Waals surface area contributed by atoms with Crippen LogP contribution in [-0.2, 0) is 0 Å². The van der Waals surface area contributed by atoms with Crippen molar-refractivity contribution in [3.8, 4) is 22.3 Å². The molecule has 0 amide bonds. The number of pyridine rings is 1. The van der Waals surface area contributed by atoms with E-state index in [1.165, 1.54) is 0 Å². The second-order valence-electron chi connectivity index (χ2n) is 6.84. The maximum atomic E-state index is 14.2. The Morgan fingerprint density at radius 2 is 1.81 bits per heavy atom. The highest BCUT2D eigenvalue weighted by Gasteiger charge is 2.15. The van der Waals surface area contributed by atoms with E-state index in [4.69, 9.17) is 0 Å². The zero-order valence-electron chi connectivity index (χ0n) is 15.1. The Morgan fingerprint density at radius 1 is 1.00 bits per heavy atom. The molecule has 0 unspecified atom stereocenters. The molecule has 0 saturated heterocycles. The van der Waals surface area contributed by atoms with E-state index in [2.05, 4.69) is 34.4 Å².